The average Bonchev–Trinajstić information content (AvgIpc) is 2.64. The van der Waals surface area contributed by atoms with E-state index in [1.54, 1.807) is 19.2 Å². The van der Waals surface area contributed by atoms with Gasteiger partial charge in [0.05, 0.1) is 0 Å². The van der Waals surface area contributed by atoms with Gasteiger partial charge in [-0.3, -0.25) is 9.79 Å². The fourth-order valence-corrected chi connectivity index (χ4v) is 2.91. The standard InChI is InChI=1S/C19H30FN5O.HI/c1-14(2)18(26)22-9-10-23-19(21-3)24-16-7-11-25(12-8-16)17-6-4-5-15(20)13-17;/h4-6,13-14,16H,7-12H2,1-3H3,(H,22,26)(H2,21,23,24);1H. The lowest BCUT2D eigenvalue weighted by Crippen LogP contribution is -2.49. The minimum atomic E-state index is -0.197. The molecule has 2 rings (SSSR count). The lowest BCUT2D eigenvalue weighted by atomic mass is 10.0. The molecule has 1 aromatic carbocycles. The lowest BCUT2D eigenvalue weighted by Gasteiger charge is -2.34. The van der Waals surface area contributed by atoms with Crippen molar-refractivity contribution < 1.29 is 9.18 Å². The maximum Gasteiger partial charge on any atom is 0.222 e. The van der Waals surface area contributed by atoms with E-state index in [1.807, 2.05) is 19.9 Å². The number of nitrogens with one attached hydrogen (secondary N) is 3. The molecule has 0 atom stereocenters. The molecule has 0 spiro atoms. The van der Waals surface area contributed by atoms with Gasteiger partial charge in [-0.1, -0.05) is 19.9 Å². The third kappa shape index (κ3) is 7.90. The van der Waals surface area contributed by atoms with E-state index < -0.39 is 0 Å². The first kappa shape index (κ1) is 23.5. The number of amides is 1. The molecular weight excluding hydrogens is 460 g/mol. The number of guanidine groups is 1. The van der Waals surface area contributed by atoms with Crippen molar-refractivity contribution in [2.75, 3.05) is 38.1 Å². The number of piperidine rings is 1. The van der Waals surface area contributed by atoms with Crippen LogP contribution in [0.1, 0.15) is 26.7 Å². The van der Waals surface area contributed by atoms with Crippen molar-refractivity contribution in [1.82, 2.24) is 16.0 Å². The zero-order valence-corrected chi connectivity index (χ0v) is 18.6. The summed E-state index contributed by atoms with van der Waals surface area (Å²) in [5.41, 5.74) is 0.937. The molecule has 1 aliphatic heterocycles. The fourth-order valence-electron chi connectivity index (χ4n) is 2.91. The van der Waals surface area contributed by atoms with Gasteiger partial charge in [0.1, 0.15) is 5.82 Å². The van der Waals surface area contributed by atoms with Crippen molar-refractivity contribution in [2.45, 2.75) is 32.7 Å². The van der Waals surface area contributed by atoms with Crippen molar-refractivity contribution in [3.8, 4) is 0 Å². The zero-order chi connectivity index (χ0) is 18.9. The molecule has 27 heavy (non-hydrogen) atoms. The Morgan fingerprint density at radius 1 is 1.26 bits per heavy atom. The number of carbonyl (C=O) groups excluding carboxylic acids is 1. The third-order valence-electron chi connectivity index (χ3n) is 4.47. The quantitative estimate of drug-likeness (QED) is 0.248. The molecule has 0 saturated carbocycles. The largest absolute Gasteiger partial charge is 0.371 e. The van der Waals surface area contributed by atoms with Crippen LogP contribution in [0.2, 0.25) is 0 Å². The lowest BCUT2D eigenvalue weighted by molar-refractivity contribution is -0.123. The predicted octanol–water partition coefficient (Wildman–Crippen LogP) is 2.35. The molecule has 1 aliphatic rings. The summed E-state index contributed by atoms with van der Waals surface area (Å²) in [6, 6.07) is 7.08. The first-order valence-electron chi connectivity index (χ1n) is 9.25. The Labute approximate surface area is 178 Å². The number of benzene rings is 1. The highest BCUT2D eigenvalue weighted by Crippen LogP contribution is 2.20. The van der Waals surface area contributed by atoms with Crippen LogP contribution in [0.4, 0.5) is 10.1 Å². The zero-order valence-electron chi connectivity index (χ0n) is 16.3. The molecule has 0 aromatic heterocycles. The normalized spacial score (nSPS) is 15.3. The predicted molar refractivity (Wildman–Crippen MR) is 119 cm³/mol. The molecular formula is C19H31FIN5O. The van der Waals surface area contributed by atoms with Gasteiger partial charge >= 0.3 is 0 Å². The molecule has 1 amide bonds. The Hall–Kier alpha value is -1.58. The van der Waals surface area contributed by atoms with Crippen molar-refractivity contribution >= 4 is 41.5 Å². The van der Waals surface area contributed by atoms with E-state index in [0.29, 0.717) is 19.1 Å². The number of anilines is 1. The maximum absolute atomic E-state index is 13.4. The minimum absolute atomic E-state index is 0. The van der Waals surface area contributed by atoms with Gasteiger partial charge < -0.3 is 20.9 Å². The van der Waals surface area contributed by atoms with Crippen LogP contribution in [0, 0.1) is 11.7 Å². The number of carbonyl (C=O) groups is 1. The van der Waals surface area contributed by atoms with Gasteiger partial charge in [0.25, 0.3) is 0 Å². The number of hydrogen-bond acceptors (Lipinski definition) is 3. The minimum Gasteiger partial charge on any atom is -0.371 e. The van der Waals surface area contributed by atoms with Gasteiger partial charge in [0, 0.05) is 50.9 Å². The molecule has 0 bridgehead atoms. The molecule has 1 fully saturated rings. The molecule has 0 radical (unpaired) electrons. The molecule has 152 valence electrons. The summed E-state index contributed by atoms with van der Waals surface area (Å²) in [6.45, 7) is 6.69. The highest BCUT2D eigenvalue weighted by atomic mass is 127. The maximum atomic E-state index is 13.4. The van der Waals surface area contributed by atoms with E-state index in [9.17, 15) is 9.18 Å². The van der Waals surface area contributed by atoms with E-state index in [1.165, 1.54) is 6.07 Å². The summed E-state index contributed by atoms with van der Waals surface area (Å²) >= 11 is 0. The van der Waals surface area contributed by atoms with Crippen LogP contribution in [0.25, 0.3) is 0 Å². The van der Waals surface area contributed by atoms with Gasteiger partial charge in [-0.05, 0) is 31.0 Å². The second-order valence-electron chi connectivity index (χ2n) is 6.83. The summed E-state index contributed by atoms with van der Waals surface area (Å²) < 4.78 is 13.4. The van der Waals surface area contributed by atoms with Crippen LogP contribution >= 0.6 is 24.0 Å². The second kappa shape index (κ2) is 12.0. The van der Waals surface area contributed by atoms with Crippen molar-refractivity contribution in [1.29, 1.82) is 0 Å². The number of hydrogen-bond donors (Lipinski definition) is 3. The van der Waals surface area contributed by atoms with Gasteiger partial charge in [-0.15, -0.1) is 24.0 Å². The molecule has 1 saturated heterocycles. The van der Waals surface area contributed by atoms with E-state index >= 15 is 0 Å². The van der Waals surface area contributed by atoms with Crippen molar-refractivity contribution in [3.05, 3.63) is 30.1 Å². The van der Waals surface area contributed by atoms with Crippen LogP contribution in [0.5, 0.6) is 0 Å². The van der Waals surface area contributed by atoms with Crippen LogP contribution in [0.15, 0.2) is 29.3 Å². The molecule has 0 aliphatic carbocycles. The summed E-state index contributed by atoms with van der Waals surface area (Å²) in [5, 5.41) is 9.52. The number of rotatable bonds is 6. The first-order chi connectivity index (χ1) is 12.5. The molecule has 6 nitrogen and oxygen atoms in total. The van der Waals surface area contributed by atoms with Crippen LogP contribution < -0.4 is 20.9 Å². The van der Waals surface area contributed by atoms with Crippen LogP contribution in [-0.4, -0.2) is 51.1 Å². The van der Waals surface area contributed by atoms with Gasteiger partial charge in [0.2, 0.25) is 5.91 Å². The SMILES string of the molecule is CN=C(NCCNC(=O)C(C)C)NC1CCN(c2cccc(F)c2)CC1.I. The first-order valence-corrected chi connectivity index (χ1v) is 9.25. The molecule has 1 aromatic rings. The van der Waals surface area contributed by atoms with Gasteiger partial charge in [-0.25, -0.2) is 4.39 Å². The molecule has 8 heteroatoms. The Kier molecular flexibility index (Phi) is 10.4. The summed E-state index contributed by atoms with van der Waals surface area (Å²) in [7, 11) is 1.74. The summed E-state index contributed by atoms with van der Waals surface area (Å²) in [6.07, 6.45) is 1.92. The number of aliphatic imine (C=N–C) groups is 1. The Balaban J connectivity index is 0.00000364. The second-order valence-corrected chi connectivity index (χ2v) is 6.83. The number of halogens is 2. The van der Waals surface area contributed by atoms with E-state index in [-0.39, 0.29) is 41.6 Å². The van der Waals surface area contributed by atoms with Gasteiger partial charge in [0.15, 0.2) is 5.96 Å². The average molecular weight is 491 g/mol. The highest BCUT2D eigenvalue weighted by molar-refractivity contribution is 14.0. The van der Waals surface area contributed by atoms with Gasteiger partial charge in [-0.2, -0.15) is 0 Å². The molecule has 1 heterocycles. The monoisotopic (exact) mass is 491 g/mol. The Morgan fingerprint density at radius 2 is 1.93 bits per heavy atom. The van der Waals surface area contributed by atoms with E-state index in [2.05, 4.69) is 25.8 Å². The molecule has 3 N–H and O–H groups in total. The smallest absolute Gasteiger partial charge is 0.222 e. The van der Waals surface area contributed by atoms with Crippen LogP contribution in [0.3, 0.4) is 0 Å². The van der Waals surface area contributed by atoms with E-state index in [4.69, 9.17) is 0 Å². The highest BCUT2D eigenvalue weighted by Gasteiger charge is 2.20. The van der Waals surface area contributed by atoms with Crippen molar-refractivity contribution in [3.63, 3.8) is 0 Å². The topological polar surface area (TPSA) is 68.8 Å². The fraction of sp³-hybridized carbons (Fsp3) is 0.579. The molecule has 0 unspecified atom stereocenters. The van der Waals surface area contributed by atoms with Crippen molar-refractivity contribution in [2.24, 2.45) is 10.9 Å². The Bertz CT molecular complexity index is 618. The third-order valence-corrected chi connectivity index (χ3v) is 4.47. The summed E-state index contributed by atoms with van der Waals surface area (Å²) in [4.78, 5) is 18.0. The number of nitrogens with zero attached hydrogens (tertiary/aromatic N) is 2. The van der Waals surface area contributed by atoms with Crippen LogP contribution in [-0.2, 0) is 4.79 Å². The summed E-state index contributed by atoms with van der Waals surface area (Å²) in [5.74, 6) is 0.597. The Morgan fingerprint density at radius 3 is 2.52 bits per heavy atom. The van der Waals surface area contributed by atoms with E-state index in [0.717, 1.165) is 37.6 Å².